The number of likely N-dealkylation sites (N-methyl/N-ethyl adjacent to an activating group) is 1. The Bertz CT molecular complexity index is 425. The van der Waals surface area contributed by atoms with Gasteiger partial charge >= 0.3 is 0 Å². The molecule has 19 heavy (non-hydrogen) atoms. The number of nitrogen functional groups attached to an aromatic ring is 1. The number of hydrogen-bond donors (Lipinski definition) is 2. The zero-order valence-electron chi connectivity index (χ0n) is 11.4. The van der Waals surface area contributed by atoms with Crippen LogP contribution in [0, 0.1) is 5.82 Å². The van der Waals surface area contributed by atoms with E-state index in [0.29, 0.717) is 6.54 Å². The van der Waals surface area contributed by atoms with Gasteiger partial charge in [0.2, 0.25) is 0 Å². The van der Waals surface area contributed by atoms with E-state index in [2.05, 4.69) is 29.0 Å². The van der Waals surface area contributed by atoms with E-state index < -0.39 is 11.7 Å². The Labute approximate surface area is 113 Å². The molecule has 0 bridgehead atoms. The molecule has 0 aliphatic heterocycles. The highest BCUT2D eigenvalue weighted by molar-refractivity contribution is 5.95. The third kappa shape index (κ3) is 4.48. The molecule has 1 rings (SSSR count). The molecule has 106 valence electrons. The summed E-state index contributed by atoms with van der Waals surface area (Å²) in [5, 5.41) is 2.69. The van der Waals surface area contributed by atoms with Crippen molar-refractivity contribution in [3.63, 3.8) is 0 Å². The highest BCUT2D eigenvalue weighted by Gasteiger charge is 2.14. The monoisotopic (exact) mass is 268 g/mol. The minimum Gasteiger partial charge on any atom is -0.381 e. The molecule has 5 nitrogen and oxygen atoms in total. The Morgan fingerprint density at radius 2 is 2.21 bits per heavy atom. The number of carbonyl (C=O) groups excluding carboxylic acids is 1. The summed E-state index contributed by atoms with van der Waals surface area (Å²) in [6.07, 6.45) is 2.39. The van der Waals surface area contributed by atoms with E-state index in [9.17, 15) is 9.18 Å². The topological polar surface area (TPSA) is 71.2 Å². The number of anilines is 1. The van der Waals surface area contributed by atoms with Gasteiger partial charge in [0.15, 0.2) is 11.6 Å². The molecule has 0 spiro atoms. The van der Waals surface area contributed by atoms with E-state index in [0.717, 1.165) is 26.1 Å². The molecule has 0 unspecified atom stereocenters. The molecule has 0 aliphatic carbocycles. The first-order chi connectivity index (χ1) is 9.10. The van der Waals surface area contributed by atoms with Crippen LogP contribution in [0.1, 0.15) is 30.6 Å². The van der Waals surface area contributed by atoms with Gasteiger partial charge in [-0.15, -0.1) is 0 Å². The summed E-state index contributed by atoms with van der Waals surface area (Å²) in [5.41, 5.74) is 5.26. The van der Waals surface area contributed by atoms with Crippen molar-refractivity contribution >= 4 is 11.7 Å². The lowest BCUT2D eigenvalue weighted by Crippen LogP contribution is -2.35. The van der Waals surface area contributed by atoms with Crippen LogP contribution in [0.15, 0.2) is 12.3 Å². The van der Waals surface area contributed by atoms with Crippen LogP contribution in [0.3, 0.4) is 0 Å². The van der Waals surface area contributed by atoms with Crippen LogP contribution in [0.2, 0.25) is 0 Å². The lowest BCUT2D eigenvalue weighted by Gasteiger charge is -2.19. The van der Waals surface area contributed by atoms with Crippen molar-refractivity contribution in [1.29, 1.82) is 0 Å². The van der Waals surface area contributed by atoms with Gasteiger partial charge in [-0.1, -0.05) is 13.8 Å². The minimum absolute atomic E-state index is 0.0639. The minimum atomic E-state index is -0.763. The number of nitrogens with one attached hydrogen (secondary N) is 1. The summed E-state index contributed by atoms with van der Waals surface area (Å²) < 4.78 is 13.6. The fourth-order valence-electron chi connectivity index (χ4n) is 1.80. The third-order valence-electron chi connectivity index (χ3n) is 2.86. The highest BCUT2D eigenvalue weighted by atomic mass is 19.1. The van der Waals surface area contributed by atoms with Gasteiger partial charge in [-0.05, 0) is 25.6 Å². The summed E-state index contributed by atoms with van der Waals surface area (Å²) in [7, 11) is 0. The Morgan fingerprint density at radius 1 is 1.47 bits per heavy atom. The Balaban J connectivity index is 2.49. The molecule has 0 saturated heterocycles. The Kier molecular flexibility index (Phi) is 6.21. The summed E-state index contributed by atoms with van der Waals surface area (Å²) in [6.45, 7) is 7.33. The number of carbonyl (C=O) groups is 1. The molecule has 0 saturated carbocycles. The van der Waals surface area contributed by atoms with Crippen molar-refractivity contribution in [2.75, 3.05) is 31.9 Å². The van der Waals surface area contributed by atoms with Gasteiger partial charge in [-0.3, -0.25) is 4.79 Å². The Morgan fingerprint density at radius 3 is 2.84 bits per heavy atom. The summed E-state index contributed by atoms with van der Waals surface area (Å²) >= 11 is 0. The third-order valence-corrected chi connectivity index (χ3v) is 2.86. The second-order valence-electron chi connectivity index (χ2n) is 4.25. The standard InChI is InChI=1S/C13H21FN4O/c1-3-8-18(4-2)9-7-17-13(19)10-5-6-16-12(15)11(10)14/h5-6H,3-4,7-9H2,1-2H3,(H2,15,16)(H,17,19). The van der Waals surface area contributed by atoms with Crippen LogP contribution in [0.4, 0.5) is 10.2 Å². The zero-order valence-corrected chi connectivity index (χ0v) is 11.4. The number of amides is 1. The molecule has 1 amide bonds. The van der Waals surface area contributed by atoms with Crippen molar-refractivity contribution in [3.8, 4) is 0 Å². The molecule has 0 fully saturated rings. The molecule has 6 heteroatoms. The molecule has 1 aromatic rings. The lowest BCUT2D eigenvalue weighted by atomic mass is 10.2. The molecule has 0 aromatic carbocycles. The molecular weight excluding hydrogens is 247 g/mol. The molecule has 1 heterocycles. The van der Waals surface area contributed by atoms with Gasteiger partial charge in [0.25, 0.3) is 5.91 Å². The maximum absolute atomic E-state index is 13.6. The number of pyridine rings is 1. The van der Waals surface area contributed by atoms with E-state index >= 15 is 0 Å². The molecular formula is C13H21FN4O. The van der Waals surface area contributed by atoms with Gasteiger partial charge in [0.1, 0.15) is 0 Å². The van der Waals surface area contributed by atoms with E-state index in [1.807, 2.05) is 0 Å². The molecule has 1 aromatic heterocycles. The van der Waals surface area contributed by atoms with Crippen LogP contribution in [0.5, 0.6) is 0 Å². The van der Waals surface area contributed by atoms with Crippen molar-refractivity contribution in [1.82, 2.24) is 15.2 Å². The van der Waals surface area contributed by atoms with Gasteiger partial charge in [0, 0.05) is 19.3 Å². The number of halogens is 1. The summed E-state index contributed by atoms with van der Waals surface area (Å²) in [5.74, 6) is -1.48. The molecule has 0 atom stereocenters. The highest BCUT2D eigenvalue weighted by Crippen LogP contribution is 2.11. The SMILES string of the molecule is CCCN(CC)CCNC(=O)c1ccnc(N)c1F. The first-order valence-corrected chi connectivity index (χ1v) is 6.50. The largest absolute Gasteiger partial charge is 0.381 e. The normalized spacial score (nSPS) is 10.7. The van der Waals surface area contributed by atoms with Gasteiger partial charge in [0.05, 0.1) is 5.56 Å². The van der Waals surface area contributed by atoms with Crippen molar-refractivity contribution < 1.29 is 9.18 Å². The van der Waals surface area contributed by atoms with Gasteiger partial charge in [-0.2, -0.15) is 0 Å². The van der Waals surface area contributed by atoms with Crippen LogP contribution in [-0.4, -0.2) is 42.0 Å². The average molecular weight is 268 g/mol. The smallest absolute Gasteiger partial charge is 0.254 e. The van der Waals surface area contributed by atoms with E-state index in [-0.39, 0.29) is 11.4 Å². The number of aromatic nitrogens is 1. The predicted octanol–water partition coefficient (Wildman–Crippen LogP) is 1.26. The van der Waals surface area contributed by atoms with Crippen LogP contribution in [-0.2, 0) is 0 Å². The quantitative estimate of drug-likeness (QED) is 0.781. The molecule has 0 aliphatic rings. The number of rotatable bonds is 7. The number of nitrogens with zero attached hydrogens (tertiary/aromatic N) is 2. The Hall–Kier alpha value is -1.69. The maximum Gasteiger partial charge on any atom is 0.254 e. The average Bonchev–Trinajstić information content (AvgIpc) is 2.40. The first-order valence-electron chi connectivity index (χ1n) is 6.50. The second-order valence-corrected chi connectivity index (χ2v) is 4.25. The second kappa shape index (κ2) is 7.68. The van der Waals surface area contributed by atoms with Crippen molar-refractivity contribution in [2.45, 2.75) is 20.3 Å². The first kappa shape index (κ1) is 15.4. The van der Waals surface area contributed by atoms with E-state index in [1.165, 1.54) is 12.3 Å². The predicted molar refractivity (Wildman–Crippen MR) is 73.3 cm³/mol. The van der Waals surface area contributed by atoms with Crippen molar-refractivity contribution in [2.24, 2.45) is 0 Å². The van der Waals surface area contributed by atoms with Crippen LogP contribution >= 0.6 is 0 Å². The van der Waals surface area contributed by atoms with Gasteiger partial charge < -0.3 is 16.0 Å². The summed E-state index contributed by atoms with van der Waals surface area (Å²) in [4.78, 5) is 17.6. The fourth-order valence-corrected chi connectivity index (χ4v) is 1.80. The van der Waals surface area contributed by atoms with Gasteiger partial charge in [-0.25, -0.2) is 9.37 Å². The maximum atomic E-state index is 13.6. The fraction of sp³-hybridized carbons (Fsp3) is 0.538. The summed E-state index contributed by atoms with van der Waals surface area (Å²) in [6, 6.07) is 1.32. The van der Waals surface area contributed by atoms with Crippen molar-refractivity contribution in [3.05, 3.63) is 23.6 Å². The molecule has 0 radical (unpaired) electrons. The van der Waals surface area contributed by atoms with E-state index in [4.69, 9.17) is 5.73 Å². The van der Waals surface area contributed by atoms with Crippen LogP contribution < -0.4 is 11.1 Å². The van der Waals surface area contributed by atoms with Crippen LogP contribution in [0.25, 0.3) is 0 Å². The number of hydrogen-bond acceptors (Lipinski definition) is 4. The zero-order chi connectivity index (χ0) is 14.3. The lowest BCUT2D eigenvalue weighted by molar-refractivity contribution is 0.0944. The number of nitrogens with two attached hydrogens (primary N) is 1. The molecule has 3 N–H and O–H groups in total. The van der Waals surface area contributed by atoms with E-state index in [1.54, 1.807) is 0 Å².